The molecule has 0 aromatic heterocycles. The lowest BCUT2D eigenvalue weighted by Crippen LogP contribution is -2.52. The van der Waals surface area contributed by atoms with Crippen molar-refractivity contribution in [1.29, 1.82) is 0 Å². The minimum absolute atomic E-state index is 0.166. The van der Waals surface area contributed by atoms with Crippen LogP contribution in [0.5, 0.6) is 11.5 Å². The van der Waals surface area contributed by atoms with E-state index in [-0.39, 0.29) is 18.1 Å². The number of urea groups is 1. The van der Waals surface area contributed by atoms with Gasteiger partial charge >= 0.3 is 6.03 Å². The molecular formula is C25H25Br2N3O6. The van der Waals surface area contributed by atoms with Gasteiger partial charge in [0.25, 0.3) is 17.7 Å². The Kier molecular flexibility index (Phi) is 8.57. The average Bonchev–Trinajstić information content (AvgIpc) is 2.82. The van der Waals surface area contributed by atoms with Crippen molar-refractivity contribution in [3.8, 4) is 11.5 Å². The summed E-state index contributed by atoms with van der Waals surface area (Å²) in [5.41, 5.74) is 3.07. The standard InChI is InChI=1S/C25H25Br2N3O6/c1-6-35-20-11-15(9-16-23(32)29(4)25(34)30(5)24(16)33)10-18(27)22(20)36-12-21(31)28-19-8-14(3)13(2)7-17(19)26/h7-11H,6,12H2,1-5H3,(H,28,31). The Labute approximate surface area is 225 Å². The molecule has 0 atom stereocenters. The van der Waals surface area contributed by atoms with Gasteiger partial charge in [-0.3, -0.25) is 24.2 Å². The summed E-state index contributed by atoms with van der Waals surface area (Å²) in [6, 6.07) is 6.31. The number of ether oxygens (including phenoxy) is 2. The van der Waals surface area contributed by atoms with Crippen LogP contribution in [0.3, 0.4) is 0 Å². The smallest absolute Gasteiger partial charge is 0.333 e. The maximum atomic E-state index is 12.6. The molecule has 1 aliphatic rings. The number of imide groups is 2. The van der Waals surface area contributed by atoms with Gasteiger partial charge in [-0.05, 0) is 99.7 Å². The Balaban J connectivity index is 1.84. The number of carbonyl (C=O) groups excluding carboxylic acids is 4. The van der Waals surface area contributed by atoms with Gasteiger partial charge in [-0.25, -0.2) is 4.79 Å². The lowest BCUT2D eigenvalue weighted by atomic mass is 10.1. The molecule has 1 N–H and O–H groups in total. The summed E-state index contributed by atoms with van der Waals surface area (Å²) < 4.78 is 12.7. The van der Waals surface area contributed by atoms with Crippen LogP contribution in [-0.4, -0.2) is 60.9 Å². The molecule has 2 aromatic rings. The Bertz CT molecular complexity index is 1270. The lowest BCUT2D eigenvalue weighted by molar-refractivity contribution is -0.134. The molecule has 1 fully saturated rings. The van der Waals surface area contributed by atoms with Crippen LogP contribution in [0.25, 0.3) is 6.08 Å². The van der Waals surface area contributed by atoms with Crippen LogP contribution in [0.1, 0.15) is 23.6 Å². The van der Waals surface area contributed by atoms with E-state index in [1.807, 2.05) is 26.0 Å². The molecule has 9 nitrogen and oxygen atoms in total. The number of nitrogens with one attached hydrogen (secondary N) is 1. The summed E-state index contributed by atoms with van der Waals surface area (Å²) in [6.45, 7) is 5.75. The van der Waals surface area contributed by atoms with Gasteiger partial charge in [0.1, 0.15) is 5.57 Å². The Hall–Kier alpha value is -3.18. The van der Waals surface area contributed by atoms with Gasteiger partial charge in [0.2, 0.25) is 0 Å². The van der Waals surface area contributed by atoms with Gasteiger partial charge in [0, 0.05) is 18.6 Å². The number of barbiturate groups is 1. The largest absolute Gasteiger partial charge is 0.490 e. The number of aryl methyl sites for hydroxylation is 2. The highest BCUT2D eigenvalue weighted by Gasteiger charge is 2.37. The Morgan fingerprint density at radius 1 is 0.944 bits per heavy atom. The first-order chi connectivity index (χ1) is 16.9. The molecule has 0 radical (unpaired) electrons. The molecule has 0 saturated carbocycles. The summed E-state index contributed by atoms with van der Waals surface area (Å²) in [5.74, 6) is -1.17. The quantitative estimate of drug-likeness (QED) is 0.355. The van der Waals surface area contributed by atoms with E-state index in [1.165, 1.54) is 20.2 Å². The zero-order valence-corrected chi connectivity index (χ0v) is 23.6. The number of likely N-dealkylation sites (N-methyl/N-ethyl adjacent to an activating group) is 2. The number of amides is 5. The Morgan fingerprint density at radius 3 is 2.17 bits per heavy atom. The third-order valence-electron chi connectivity index (χ3n) is 5.49. The van der Waals surface area contributed by atoms with E-state index in [2.05, 4.69) is 37.2 Å². The van der Waals surface area contributed by atoms with Crippen molar-refractivity contribution in [3.63, 3.8) is 0 Å². The van der Waals surface area contributed by atoms with Crippen LogP contribution >= 0.6 is 31.9 Å². The SMILES string of the molecule is CCOc1cc(C=C2C(=O)N(C)C(=O)N(C)C2=O)cc(Br)c1OCC(=O)Nc1cc(C)c(C)cc1Br. The summed E-state index contributed by atoms with van der Waals surface area (Å²) in [5, 5.41) is 2.82. The van der Waals surface area contributed by atoms with E-state index in [0.717, 1.165) is 25.4 Å². The van der Waals surface area contributed by atoms with Crippen molar-refractivity contribution in [1.82, 2.24) is 9.80 Å². The second kappa shape index (κ2) is 11.3. The average molecular weight is 623 g/mol. The van der Waals surface area contributed by atoms with Crippen LogP contribution in [-0.2, 0) is 14.4 Å². The predicted molar refractivity (Wildman–Crippen MR) is 142 cm³/mol. The van der Waals surface area contributed by atoms with Crippen molar-refractivity contribution < 1.29 is 28.7 Å². The molecule has 0 unspecified atom stereocenters. The fourth-order valence-corrected chi connectivity index (χ4v) is 4.55. The zero-order chi connectivity index (χ0) is 26.7. The molecule has 11 heteroatoms. The van der Waals surface area contributed by atoms with Crippen LogP contribution in [0, 0.1) is 13.8 Å². The van der Waals surface area contributed by atoms with Gasteiger partial charge in [-0.15, -0.1) is 0 Å². The van der Waals surface area contributed by atoms with Crippen molar-refractivity contribution in [2.24, 2.45) is 0 Å². The lowest BCUT2D eigenvalue weighted by Gasteiger charge is -2.28. The van der Waals surface area contributed by atoms with E-state index < -0.39 is 17.8 Å². The number of nitrogens with zero attached hydrogens (tertiary/aromatic N) is 2. The summed E-state index contributed by atoms with van der Waals surface area (Å²) >= 11 is 6.88. The molecule has 36 heavy (non-hydrogen) atoms. The van der Waals surface area contributed by atoms with E-state index >= 15 is 0 Å². The first-order valence-corrected chi connectivity index (χ1v) is 12.5. The molecule has 0 spiro atoms. The summed E-state index contributed by atoms with van der Waals surface area (Å²) in [4.78, 5) is 51.3. The molecule has 0 aliphatic carbocycles. The molecular weight excluding hydrogens is 598 g/mol. The fraction of sp³-hybridized carbons (Fsp3) is 0.280. The third-order valence-corrected chi connectivity index (χ3v) is 6.74. The van der Waals surface area contributed by atoms with Crippen molar-refractivity contribution in [2.75, 3.05) is 32.6 Å². The highest BCUT2D eigenvalue weighted by molar-refractivity contribution is 9.11. The number of carbonyl (C=O) groups is 4. The maximum Gasteiger partial charge on any atom is 0.333 e. The van der Waals surface area contributed by atoms with Crippen LogP contribution in [0.4, 0.5) is 10.5 Å². The number of rotatable bonds is 7. The normalized spacial score (nSPS) is 13.8. The minimum Gasteiger partial charge on any atom is -0.490 e. The summed E-state index contributed by atoms with van der Waals surface area (Å²) in [7, 11) is 2.61. The first-order valence-electron chi connectivity index (χ1n) is 10.9. The Morgan fingerprint density at radius 2 is 1.56 bits per heavy atom. The number of hydrogen-bond acceptors (Lipinski definition) is 6. The zero-order valence-electron chi connectivity index (χ0n) is 20.4. The first kappa shape index (κ1) is 27.4. The van der Waals surface area contributed by atoms with Gasteiger partial charge in [0.15, 0.2) is 18.1 Å². The molecule has 0 bridgehead atoms. The van der Waals surface area contributed by atoms with Crippen molar-refractivity contribution in [3.05, 3.63) is 55.5 Å². The van der Waals surface area contributed by atoms with Crippen molar-refractivity contribution in [2.45, 2.75) is 20.8 Å². The van der Waals surface area contributed by atoms with Crippen LogP contribution < -0.4 is 14.8 Å². The maximum absolute atomic E-state index is 12.6. The second-order valence-corrected chi connectivity index (χ2v) is 9.79. The fourth-order valence-electron chi connectivity index (χ4n) is 3.42. The molecule has 1 saturated heterocycles. The van der Waals surface area contributed by atoms with Gasteiger partial charge in [-0.2, -0.15) is 0 Å². The van der Waals surface area contributed by atoms with E-state index in [0.29, 0.717) is 33.8 Å². The number of hydrogen-bond donors (Lipinski definition) is 1. The van der Waals surface area contributed by atoms with E-state index in [9.17, 15) is 19.2 Å². The monoisotopic (exact) mass is 621 g/mol. The number of anilines is 1. The van der Waals surface area contributed by atoms with E-state index in [4.69, 9.17) is 9.47 Å². The molecule has 3 rings (SSSR count). The topological polar surface area (TPSA) is 105 Å². The molecule has 5 amide bonds. The third kappa shape index (κ3) is 5.79. The van der Waals surface area contributed by atoms with Crippen LogP contribution in [0.15, 0.2) is 38.8 Å². The predicted octanol–water partition coefficient (Wildman–Crippen LogP) is 4.68. The minimum atomic E-state index is -0.702. The molecule has 2 aromatic carbocycles. The van der Waals surface area contributed by atoms with Crippen molar-refractivity contribution >= 4 is 67.4 Å². The number of halogens is 2. The molecule has 1 aliphatic heterocycles. The highest BCUT2D eigenvalue weighted by atomic mass is 79.9. The second-order valence-electron chi connectivity index (χ2n) is 8.09. The number of benzene rings is 2. The van der Waals surface area contributed by atoms with Gasteiger partial charge in [0.05, 0.1) is 16.8 Å². The van der Waals surface area contributed by atoms with Crippen LogP contribution in [0.2, 0.25) is 0 Å². The van der Waals surface area contributed by atoms with Gasteiger partial charge in [-0.1, -0.05) is 0 Å². The highest BCUT2D eigenvalue weighted by Crippen LogP contribution is 2.38. The molecule has 1 heterocycles. The summed E-state index contributed by atoms with van der Waals surface area (Å²) in [6.07, 6.45) is 1.38. The van der Waals surface area contributed by atoms with E-state index in [1.54, 1.807) is 19.1 Å². The van der Waals surface area contributed by atoms with Gasteiger partial charge < -0.3 is 14.8 Å². The molecule has 190 valence electrons.